The first-order chi connectivity index (χ1) is 11.6. The highest BCUT2D eigenvalue weighted by molar-refractivity contribution is 5.92. The fourth-order valence-corrected chi connectivity index (χ4v) is 2.53. The molecule has 2 heterocycles. The predicted octanol–water partition coefficient (Wildman–Crippen LogP) is 2.44. The molecule has 0 aliphatic carbocycles. The van der Waals surface area contributed by atoms with E-state index in [4.69, 9.17) is 0 Å². The average Bonchev–Trinajstić information content (AvgIpc) is 3.03. The molecule has 0 aliphatic heterocycles. The van der Waals surface area contributed by atoms with Crippen molar-refractivity contribution >= 4 is 22.8 Å². The molecular formula is C17H20N6O. The first kappa shape index (κ1) is 15.9. The number of benzene rings is 1. The van der Waals surface area contributed by atoms with Crippen molar-refractivity contribution in [3.63, 3.8) is 0 Å². The van der Waals surface area contributed by atoms with Gasteiger partial charge in [-0.05, 0) is 25.1 Å². The molecular weight excluding hydrogens is 304 g/mol. The van der Waals surface area contributed by atoms with Crippen molar-refractivity contribution in [1.29, 1.82) is 0 Å². The lowest BCUT2D eigenvalue weighted by Gasteiger charge is -2.26. The molecule has 0 radical (unpaired) electrons. The molecule has 7 heteroatoms. The maximum Gasteiger partial charge on any atom is 0.325 e. The number of carbonyl (C=O) groups is 1. The Bertz CT molecular complexity index is 859. The Morgan fingerprint density at radius 2 is 2.00 bits per heavy atom. The number of hydrogen-bond donors (Lipinski definition) is 0. The van der Waals surface area contributed by atoms with Crippen LogP contribution >= 0.6 is 0 Å². The number of carbonyl (C=O) groups excluding carboxylic acids is 1. The maximum atomic E-state index is 12.8. The molecule has 0 bridgehead atoms. The zero-order valence-corrected chi connectivity index (χ0v) is 14.0. The Kier molecular flexibility index (Phi) is 4.41. The molecule has 0 spiro atoms. The van der Waals surface area contributed by atoms with Crippen LogP contribution in [0.15, 0.2) is 42.6 Å². The van der Waals surface area contributed by atoms with Gasteiger partial charge in [-0.1, -0.05) is 23.4 Å². The summed E-state index contributed by atoms with van der Waals surface area (Å²) in [7, 11) is 3.54. The molecule has 0 unspecified atom stereocenters. The summed E-state index contributed by atoms with van der Waals surface area (Å²) < 4.78 is 1.63. The molecule has 0 N–H and O–H groups in total. The van der Waals surface area contributed by atoms with Crippen LogP contribution in [0.2, 0.25) is 0 Å². The molecule has 2 amide bonds. The topological polar surface area (TPSA) is 67.2 Å². The van der Waals surface area contributed by atoms with Gasteiger partial charge >= 0.3 is 6.03 Å². The van der Waals surface area contributed by atoms with Gasteiger partial charge in [-0.2, -0.15) is 0 Å². The van der Waals surface area contributed by atoms with E-state index in [0.717, 1.165) is 16.6 Å². The molecule has 0 fully saturated rings. The molecule has 24 heavy (non-hydrogen) atoms. The summed E-state index contributed by atoms with van der Waals surface area (Å²) in [5, 5.41) is 9.00. The Morgan fingerprint density at radius 1 is 1.21 bits per heavy atom. The number of urea groups is 1. The number of aryl methyl sites for hydroxylation is 1. The zero-order chi connectivity index (χ0) is 17.1. The molecule has 3 aromatic rings. The van der Waals surface area contributed by atoms with E-state index in [9.17, 15) is 4.79 Å². The van der Waals surface area contributed by atoms with Gasteiger partial charge in [-0.25, -0.2) is 9.78 Å². The average molecular weight is 324 g/mol. The van der Waals surface area contributed by atoms with Crippen LogP contribution in [0.4, 0.5) is 10.6 Å². The van der Waals surface area contributed by atoms with E-state index < -0.39 is 0 Å². The third kappa shape index (κ3) is 3.19. The van der Waals surface area contributed by atoms with Crippen molar-refractivity contribution in [2.24, 2.45) is 7.05 Å². The van der Waals surface area contributed by atoms with Gasteiger partial charge in [-0.15, -0.1) is 5.10 Å². The quantitative estimate of drug-likeness (QED) is 0.739. The largest absolute Gasteiger partial charge is 0.325 e. The summed E-state index contributed by atoms with van der Waals surface area (Å²) in [4.78, 5) is 20.6. The third-order valence-corrected chi connectivity index (χ3v) is 3.87. The fraction of sp³-hybridized carbons (Fsp3) is 0.294. The highest BCUT2D eigenvalue weighted by atomic mass is 16.2. The van der Waals surface area contributed by atoms with Gasteiger partial charge in [-0.3, -0.25) is 9.58 Å². The number of amides is 2. The molecule has 2 aromatic heterocycles. The second kappa shape index (κ2) is 6.66. The third-order valence-electron chi connectivity index (χ3n) is 3.87. The number of hydrogen-bond acceptors (Lipinski definition) is 4. The van der Waals surface area contributed by atoms with Gasteiger partial charge in [0.05, 0.1) is 12.1 Å². The van der Waals surface area contributed by atoms with Crippen LogP contribution in [-0.2, 0) is 13.6 Å². The normalized spacial score (nSPS) is 10.8. The number of aromatic nitrogens is 4. The SMILES string of the molecule is CCN(Cc1cn(C)nn1)C(=O)N(C)c1ccc2ccccc2n1. The smallest absolute Gasteiger partial charge is 0.319 e. The second-order valence-electron chi connectivity index (χ2n) is 5.60. The summed E-state index contributed by atoms with van der Waals surface area (Å²) >= 11 is 0. The first-order valence-electron chi connectivity index (χ1n) is 7.82. The minimum atomic E-state index is -0.120. The van der Waals surface area contributed by atoms with Crippen molar-refractivity contribution in [2.45, 2.75) is 13.5 Å². The molecule has 0 saturated carbocycles. The van der Waals surface area contributed by atoms with Crippen molar-refractivity contribution < 1.29 is 4.79 Å². The van der Waals surface area contributed by atoms with E-state index in [0.29, 0.717) is 18.9 Å². The Balaban J connectivity index is 1.80. The summed E-state index contributed by atoms with van der Waals surface area (Å²) in [6.45, 7) is 2.93. The number of fused-ring (bicyclic) bond motifs is 1. The van der Waals surface area contributed by atoms with Gasteiger partial charge in [0.15, 0.2) is 0 Å². The van der Waals surface area contributed by atoms with Crippen molar-refractivity contribution in [2.75, 3.05) is 18.5 Å². The summed E-state index contributed by atoms with van der Waals surface area (Å²) in [6, 6.07) is 11.6. The van der Waals surface area contributed by atoms with Crippen LogP contribution < -0.4 is 4.90 Å². The molecule has 7 nitrogen and oxygen atoms in total. The van der Waals surface area contributed by atoms with Crippen LogP contribution in [-0.4, -0.2) is 44.5 Å². The lowest BCUT2D eigenvalue weighted by Crippen LogP contribution is -2.41. The minimum absolute atomic E-state index is 0.120. The van der Waals surface area contributed by atoms with E-state index in [1.807, 2.05) is 49.5 Å². The molecule has 0 saturated heterocycles. The van der Waals surface area contributed by atoms with Gasteiger partial charge in [0, 0.05) is 32.2 Å². The van der Waals surface area contributed by atoms with Gasteiger partial charge in [0.1, 0.15) is 11.5 Å². The van der Waals surface area contributed by atoms with Crippen molar-refractivity contribution in [1.82, 2.24) is 24.9 Å². The predicted molar refractivity (Wildman–Crippen MR) is 92.6 cm³/mol. The molecule has 0 aliphatic rings. The van der Waals surface area contributed by atoms with Crippen LogP contribution in [0.3, 0.4) is 0 Å². The Morgan fingerprint density at radius 3 is 2.71 bits per heavy atom. The fourth-order valence-electron chi connectivity index (χ4n) is 2.53. The Labute approximate surface area is 140 Å². The highest BCUT2D eigenvalue weighted by Crippen LogP contribution is 2.18. The standard InChI is InChI=1S/C17H20N6O/c1-4-23(12-14-11-21(2)20-19-14)17(24)22(3)16-10-9-13-7-5-6-8-15(13)18-16/h5-11H,4,12H2,1-3H3. The lowest BCUT2D eigenvalue weighted by atomic mass is 10.2. The van der Waals surface area contributed by atoms with Crippen LogP contribution in [0, 0.1) is 0 Å². The van der Waals surface area contributed by atoms with E-state index in [2.05, 4.69) is 15.3 Å². The van der Waals surface area contributed by atoms with E-state index in [1.165, 1.54) is 0 Å². The van der Waals surface area contributed by atoms with Crippen LogP contribution in [0.25, 0.3) is 10.9 Å². The zero-order valence-electron chi connectivity index (χ0n) is 14.0. The summed E-state index contributed by atoms with van der Waals surface area (Å²) in [5.74, 6) is 0.622. The summed E-state index contributed by atoms with van der Waals surface area (Å²) in [6.07, 6.45) is 1.81. The van der Waals surface area contributed by atoms with E-state index in [1.54, 1.807) is 28.6 Å². The molecule has 3 rings (SSSR count). The summed E-state index contributed by atoms with van der Waals surface area (Å²) in [5.41, 5.74) is 1.62. The Hall–Kier alpha value is -2.96. The second-order valence-corrected chi connectivity index (χ2v) is 5.60. The maximum absolute atomic E-state index is 12.8. The van der Waals surface area contributed by atoms with Gasteiger partial charge < -0.3 is 4.90 Å². The monoisotopic (exact) mass is 324 g/mol. The van der Waals surface area contributed by atoms with Gasteiger partial charge in [0.25, 0.3) is 0 Å². The molecule has 1 aromatic carbocycles. The first-order valence-corrected chi connectivity index (χ1v) is 7.82. The van der Waals surface area contributed by atoms with Crippen LogP contribution in [0.1, 0.15) is 12.6 Å². The lowest BCUT2D eigenvalue weighted by molar-refractivity contribution is 0.205. The van der Waals surface area contributed by atoms with E-state index >= 15 is 0 Å². The minimum Gasteiger partial charge on any atom is -0.319 e. The van der Waals surface area contributed by atoms with Crippen LogP contribution in [0.5, 0.6) is 0 Å². The number of para-hydroxylation sites is 1. The van der Waals surface area contributed by atoms with E-state index in [-0.39, 0.29) is 6.03 Å². The number of anilines is 1. The molecule has 0 atom stereocenters. The number of pyridine rings is 1. The number of nitrogens with zero attached hydrogens (tertiary/aromatic N) is 6. The molecule has 124 valence electrons. The number of rotatable bonds is 4. The highest BCUT2D eigenvalue weighted by Gasteiger charge is 2.20. The van der Waals surface area contributed by atoms with Crippen molar-refractivity contribution in [3.05, 3.63) is 48.3 Å². The van der Waals surface area contributed by atoms with Gasteiger partial charge in [0.2, 0.25) is 0 Å². The van der Waals surface area contributed by atoms with Crippen molar-refractivity contribution in [3.8, 4) is 0 Å².